The molecule has 4 heteroatoms. The second-order valence-corrected chi connectivity index (χ2v) is 7.55. The molecule has 19 heavy (non-hydrogen) atoms. The van der Waals surface area contributed by atoms with Crippen LogP contribution in [0.2, 0.25) is 0 Å². The fourth-order valence-electron chi connectivity index (χ4n) is 2.12. The van der Waals surface area contributed by atoms with Crippen LogP contribution in [0.4, 0.5) is 0 Å². The van der Waals surface area contributed by atoms with E-state index in [1.807, 2.05) is 0 Å². The average Bonchev–Trinajstić information content (AvgIpc) is 2.29. The molecule has 1 unspecified atom stereocenters. The molecule has 108 valence electrons. The van der Waals surface area contributed by atoms with E-state index < -0.39 is 9.84 Å². The Morgan fingerprint density at radius 1 is 1.21 bits per heavy atom. The highest BCUT2D eigenvalue weighted by molar-refractivity contribution is 7.90. The Morgan fingerprint density at radius 2 is 1.89 bits per heavy atom. The normalized spacial score (nSPS) is 13.5. The van der Waals surface area contributed by atoms with Crippen LogP contribution in [0.1, 0.15) is 30.0 Å². The zero-order valence-electron chi connectivity index (χ0n) is 12.4. The van der Waals surface area contributed by atoms with Gasteiger partial charge in [-0.25, -0.2) is 8.42 Å². The highest BCUT2D eigenvalue weighted by atomic mass is 32.2. The molecule has 0 aliphatic heterocycles. The molecular formula is C15H25NO2S. The molecule has 1 atom stereocenters. The molecule has 0 aromatic heterocycles. The lowest BCUT2D eigenvalue weighted by atomic mass is 10.0. The highest BCUT2D eigenvalue weighted by Gasteiger charge is 2.15. The maximum absolute atomic E-state index is 11.5. The Morgan fingerprint density at radius 3 is 2.42 bits per heavy atom. The molecular weight excluding hydrogens is 258 g/mol. The third-order valence-corrected chi connectivity index (χ3v) is 4.25. The van der Waals surface area contributed by atoms with Crippen LogP contribution < -0.4 is 5.32 Å². The number of aryl methyl sites for hydroxylation is 2. The molecule has 0 heterocycles. The van der Waals surface area contributed by atoms with Crippen LogP contribution in [0.5, 0.6) is 0 Å². The maximum atomic E-state index is 11.5. The van der Waals surface area contributed by atoms with Gasteiger partial charge in [-0.15, -0.1) is 0 Å². The van der Waals surface area contributed by atoms with Gasteiger partial charge in [-0.05, 0) is 49.9 Å². The van der Waals surface area contributed by atoms with Gasteiger partial charge in [0.25, 0.3) is 0 Å². The van der Waals surface area contributed by atoms with Crippen LogP contribution in [0, 0.1) is 13.8 Å². The first kappa shape index (κ1) is 16.2. The first-order chi connectivity index (χ1) is 8.81. The zero-order valence-corrected chi connectivity index (χ0v) is 13.2. The third-order valence-electron chi connectivity index (χ3n) is 3.24. The predicted octanol–water partition coefficient (Wildman–Crippen LogP) is 2.26. The fraction of sp³-hybridized carbons (Fsp3) is 0.600. The van der Waals surface area contributed by atoms with Crippen LogP contribution in [0.25, 0.3) is 0 Å². The van der Waals surface area contributed by atoms with Gasteiger partial charge in [-0.1, -0.05) is 25.1 Å². The summed E-state index contributed by atoms with van der Waals surface area (Å²) in [6, 6.07) is 6.34. The molecule has 3 nitrogen and oxygen atoms in total. The van der Waals surface area contributed by atoms with Crippen LogP contribution >= 0.6 is 0 Å². The molecule has 1 rings (SSSR count). The van der Waals surface area contributed by atoms with Gasteiger partial charge < -0.3 is 5.32 Å². The summed E-state index contributed by atoms with van der Waals surface area (Å²) in [4.78, 5) is 0. The highest BCUT2D eigenvalue weighted by Crippen LogP contribution is 2.12. The number of sulfone groups is 1. The van der Waals surface area contributed by atoms with E-state index in [-0.39, 0.29) is 11.8 Å². The van der Waals surface area contributed by atoms with E-state index in [9.17, 15) is 8.42 Å². The topological polar surface area (TPSA) is 46.2 Å². The van der Waals surface area contributed by atoms with Gasteiger partial charge in [0, 0.05) is 12.3 Å². The minimum atomic E-state index is -2.95. The smallest absolute Gasteiger partial charge is 0.148 e. The largest absolute Gasteiger partial charge is 0.313 e. The van der Waals surface area contributed by atoms with E-state index >= 15 is 0 Å². The minimum Gasteiger partial charge on any atom is -0.313 e. The van der Waals surface area contributed by atoms with Crippen molar-refractivity contribution in [1.29, 1.82) is 0 Å². The van der Waals surface area contributed by atoms with Gasteiger partial charge in [0.1, 0.15) is 9.84 Å². The molecule has 0 saturated heterocycles. The first-order valence-electron chi connectivity index (χ1n) is 6.79. The standard InChI is InChI=1S/C15H25NO2S/c1-5-8-16-15(11-19(4,17)18)10-14-7-6-12(2)13(3)9-14/h6-7,9,15-16H,5,8,10-11H2,1-4H3. The molecule has 0 aliphatic carbocycles. The van der Waals surface area contributed by atoms with Gasteiger partial charge in [0.05, 0.1) is 5.75 Å². The third kappa shape index (κ3) is 6.21. The summed E-state index contributed by atoms with van der Waals surface area (Å²) in [6.07, 6.45) is 3.06. The summed E-state index contributed by atoms with van der Waals surface area (Å²) in [5, 5.41) is 3.33. The molecule has 0 radical (unpaired) electrons. The number of nitrogens with one attached hydrogen (secondary N) is 1. The second kappa shape index (κ2) is 7.06. The SMILES string of the molecule is CCCNC(Cc1ccc(C)c(C)c1)CS(C)(=O)=O. The van der Waals surface area contributed by atoms with Crippen LogP contribution in [-0.4, -0.2) is 33.0 Å². The molecule has 1 aromatic carbocycles. The lowest BCUT2D eigenvalue weighted by Gasteiger charge is -2.18. The van der Waals surface area contributed by atoms with Crippen molar-refractivity contribution in [2.75, 3.05) is 18.6 Å². The lowest BCUT2D eigenvalue weighted by Crippen LogP contribution is -2.37. The molecule has 0 fully saturated rings. The first-order valence-corrected chi connectivity index (χ1v) is 8.85. The van der Waals surface area contributed by atoms with Crippen LogP contribution in [0.3, 0.4) is 0 Å². The van der Waals surface area contributed by atoms with E-state index in [0.29, 0.717) is 0 Å². The quantitative estimate of drug-likeness (QED) is 0.835. The van der Waals surface area contributed by atoms with Crippen molar-refractivity contribution in [1.82, 2.24) is 5.32 Å². The summed E-state index contributed by atoms with van der Waals surface area (Å²) in [6.45, 7) is 7.11. The van der Waals surface area contributed by atoms with Crippen molar-refractivity contribution >= 4 is 9.84 Å². The molecule has 0 saturated carbocycles. The van der Waals surface area contributed by atoms with Gasteiger partial charge in [0.2, 0.25) is 0 Å². The second-order valence-electron chi connectivity index (χ2n) is 5.37. The Bertz CT molecular complexity index is 509. The lowest BCUT2D eigenvalue weighted by molar-refractivity contribution is 0.530. The fourth-order valence-corrected chi connectivity index (χ4v) is 3.09. The Kier molecular flexibility index (Phi) is 6.01. The summed E-state index contributed by atoms with van der Waals surface area (Å²) in [7, 11) is -2.95. The monoisotopic (exact) mass is 283 g/mol. The van der Waals surface area contributed by atoms with Gasteiger partial charge in [0.15, 0.2) is 0 Å². The Hall–Kier alpha value is -0.870. The summed E-state index contributed by atoms with van der Waals surface area (Å²) in [5.41, 5.74) is 3.72. The molecule has 0 spiro atoms. The minimum absolute atomic E-state index is 0.00273. The van der Waals surface area contributed by atoms with Crippen molar-refractivity contribution < 1.29 is 8.42 Å². The van der Waals surface area contributed by atoms with E-state index in [1.165, 1.54) is 22.9 Å². The number of hydrogen-bond acceptors (Lipinski definition) is 3. The zero-order chi connectivity index (χ0) is 14.5. The molecule has 0 bridgehead atoms. The van der Waals surface area contributed by atoms with Crippen LogP contribution in [0.15, 0.2) is 18.2 Å². The van der Waals surface area contributed by atoms with E-state index in [0.717, 1.165) is 19.4 Å². The van der Waals surface area contributed by atoms with Gasteiger partial charge >= 0.3 is 0 Å². The van der Waals surface area contributed by atoms with Crippen LogP contribution in [-0.2, 0) is 16.3 Å². The van der Waals surface area contributed by atoms with Crippen molar-refractivity contribution in [2.24, 2.45) is 0 Å². The summed E-state index contributed by atoms with van der Waals surface area (Å²) in [5.74, 6) is 0.194. The van der Waals surface area contributed by atoms with Gasteiger partial charge in [-0.2, -0.15) is 0 Å². The van der Waals surface area contributed by atoms with Crippen molar-refractivity contribution in [2.45, 2.75) is 39.7 Å². The van der Waals surface area contributed by atoms with E-state index in [2.05, 4.69) is 44.3 Å². The van der Waals surface area contributed by atoms with Crippen molar-refractivity contribution in [3.63, 3.8) is 0 Å². The summed E-state index contributed by atoms with van der Waals surface area (Å²) >= 11 is 0. The Balaban J connectivity index is 2.77. The van der Waals surface area contributed by atoms with Crippen molar-refractivity contribution in [3.8, 4) is 0 Å². The number of hydrogen-bond donors (Lipinski definition) is 1. The predicted molar refractivity (Wildman–Crippen MR) is 81.4 cm³/mol. The molecule has 1 N–H and O–H groups in total. The molecule has 0 amide bonds. The van der Waals surface area contributed by atoms with Crippen molar-refractivity contribution in [3.05, 3.63) is 34.9 Å². The van der Waals surface area contributed by atoms with E-state index in [1.54, 1.807) is 0 Å². The maximum Gasteiger partial charge on any atom is 0.148 e. The Labute approximate surface area is 117 Å². The number of benzene rings is 1. The van der Waals surface area contributed by atoms with Gasteiger partial charge in [-0.3, -0.25) is 0 Å². The number of rotatable bonds is 7. The molecule has 1 aromatic rings. The van der Waals surface area contributed by atoms with E-state index in [4.69, 9.17) is 0 Å². The molecule has 0 aliphatic rings. The average molecular weight is 283 g/mol. The summed E-state index contributed by atoms with van der Waals surface area (Å²) < 4.78 is 23.0.